The molecule has 10 heteroatoms. The number of ether oxygens (including phenoxy) is 4. The Balaban J connectivity index is 1.47. The molecule has 10 nitrogen and oxygen atoms in total. The first kappa shape index (κ1) is 29.3. The normalized spacial score (nSPS) is 13.2. The van der Waals surface area contributed by atoms with Gasteiger partial charge in [0.15, 0.2) is 0 Å². The number of hydrogen-bond acceptors (Lipinski definition) is 9. The zero-order valence-corrected chi connectivity index (χ0v) is 22.9. The first-order chi connectivity index (χ1) is 19.9. The van der Waals surface area contributed by atoms with Crippen LogP contribution in [0.15, 0.2) is 78.9 Å². The molecular weight excluding hydrogens is 530 g/mol. The van der Waals surface area contributed by atoms with Gasteiger partial charge in [-0.15, -0.1) is 5.06 Å². The maximum absolute atomic E-state index is 12.3. The second-order valence-corrected chi connectivity index (χ2v) is 9.12. The molecule has 1 heterocycles. The predicted octanol–water partition coefficient (Wildman–Crippen LogP) is 3.94. The van der Waals surface area contributed by atoms with Crippen molar-refractivity contribution in [2.75, 3.05) is 27.4 Å². The van der Waals surface area contributed by atoms with Crippen LogP contribution in [0.25, 0.3) is 0 Å². The van der Waals surface area contributed by atoms with E-state index in [0.29, 0.717) is 16.6 Å². The van der Waals surface area contributed by atoms with E-state index >= 15 is 0 Å². The van der Waals surface area contributed by atoms with Crippen molar-refractivity contribution in [2.45, 2.75) is 31.3 Å². The molecule has 0 aromatic heterocycles. The molecule has 0 bridgehead atoms. The van der Waals surface area contributed by atoms with Gasteiger partial charge in [-0.3, -0.25) is 14.4 Å². The lowest BCUT2D eigenvalue weighted by Crippen LogP contribution is -2.34. The van der Waals surface area contributed by atoms with Crippen molar-refractivity contribution >= 4 is 23.8 Å². The number of hydroxylamine groups is 2. The third kappa shape index (κ3) is 6.90. The van der Waals surface area contributed by atoms with Gasteiger partial charge in [0, 0.05) is 12.8 Å². The van der Waals surface area contributed by atoms with Crippen LogP contribution in [0, 0.1) is 0 Å². The van der Waals surface area contributed by atoms with E-state index in [1.165, 1.54) is 0 Å². The summed E-state index contributed by atoms with van der Waals surface area (Å²) in [7, 11) is 3.19. The van der Waals surface area contributed by atoms with Crippen LogP contribution in [-0.2, 0) is 39.1 Å². The fourth-order valence-corrected chi connectivity index (χ4v) is 4.51. The molecule has 1 aliphatic heterocycles. The summed E-state index contributed by atoms with van der Waals surface area (Å²) in [6.45, 7) is -0.0577. The summed E-state index contributed by atoms with van der Waals surface area (Å²) in [4.78, 5) is 52.3. The minimum absolute atomic E-state index is 0.00826. The highest BCUT2D eigenvalue weighted by molar-refractivity contribution is 6.01. The van der Waals surface area contributed by atoms with Gasteiger partial charge in [-0.05, 0) is 41.0 Å². The van der Waals surface area contributed by atoms with Crippen molar-refractivity contribution in [3.8, 4) is 11.5 Å². The second-order valence-electron chi connectivity index (χ2n) is 9.12. The van der Waals surface area contributed by atoms with Crippen LogP contribution >= 0.6 is 0 Å². The van der Waals surface area contributed by atoms with Crippen LogP contribution in [0.4, 0.5) is 0 Å². The van der Waals surface area contributed by atoms with Gasteiger partial charge in [0.05, 0.1) is 33.7 Å². The number of benzene rings is 3. The van der Waals surface area contributed by atoms with Crippen molar-refractivity contribution in [3.63, 3.8) is 0 Å². The number of esters is 1. The van der Waals surface area contributed by atoms with Crippen LogP contribution in [0.1, 0.15) is 42.4 Å². The molecule has 41 heavy (non-hydrogen) atoms. The SMILES string of the molecule is COc1ccc(C(OCCOC(=O)CCC(=O)ON2C(=O)CCC2=O)(c2ccccc2)c2ccc(OC)cc2)cc1. The van der Waals surface area contributed by atoms with Crippen LogP contribution in [0.3, 0.4) is 0 Å². The predicted molar refractivity (Wildman–Crippen MR) is 146 cm³/mol. The van der Waals surface area contributed by atoms with Gasteiger partial charge in [0.25, 0.3) is 11.8 Å². The summed E-state index contributed by atoms with van der Waals surface area (Å²) in [6, 6.07) is 24.8. The maximum Gasteiger partial charge on any atom is 0.333 e. The molecule has 0 atom stereocenters. The summed E-state index contributed by atoms with van der Waals surface area (Å²) in [6.07, 6.45) is -0.643. The van der Waals surface area contributed by atoms with Crippen LogP contribution < -0.4 is 9.47 Å². The van der Waals surface area contributed by atoms with Gasteiger partial charge in [-0.1, -0.05) is 54.6 Å². The standard InChI is InChI=1S/C31H31NO9/c1-37-25-12-8-23(9-13-25)31(22-6-4-3-5-7-22,24-10-14-26(38-2)15-11-24)40-21-20-39-29(35)18-19-30(36)41-32-27(33)16-17-28(32)34/h3-15H,16-21H2,1-2H3. The van der Waals surface area contributed by atoms with Crippen molar-refractivity contribution in [3.05, 3.63) is 95.6 Å². The van der Waals surface area contributed by atoms with E-state index in [1.54, 1.807) is 14.2 Å². The molecule has 0 spiro atoms. The van der Waals surface area contributed by atoms with E-state index < -0.39 is 29.4 Å². The topological polar surface area (TPSA) is 118 Å². The lowest BCUT2D eigenvalue weighted by Gasteiger charge is -2.36. The van der Waals surface area contributed by atoms with Gasteiger partial charge in [-0.2, -0.15) is 0 Å². The Morgan fingerprint density at radius 3 is 1.68 bits per heavy atom. The molecule has 0 aliphatic carbocycles. The number of carbonyl (C=O) groups is 4. The monoisotopic (exact) mass is 561 g/mol. The summed E-state index contributed by atoms with van der Waals surface area (Å²) in [5, 5.41) is 0.447. The molecular formula is C31H31NO9. The Morgan fingerprint density at radius 1 is 0.683 bits per heavy atom. The smallest absolute Gasteiger partial charge is 0.333 e. The maximum atomic E-state index is 12.3. The van der Waals surface area contributed by atoms with Crippen LogP contribution in [-0.4, -0.2) is 56.2 Å². The molecule has 214 valence electrons. The number of hydrogen-bond donors (Lipinski definition) is 0. The number of methoxy groups -OCH3 is 2. The number of nitrogens with zero attached hydrogens (tertiary/aromatic N) is 1. The fraction of sp³-hybridized carbons (Fsp3) is 0.290. The molecule has 3 aromatic carbocycles. The van der Waals surface area contributed by atoms with Crippen molar-refractivity contribution in [1.82, 2.24) is 5.06 Å². The summed E-state index contributed by atoms with van der Waals surface area (Å²) in [5.74, 6) is -1.31. The molecule has 1 fully saturated rings. The number of imide groups is 1. The summed E-state index contributed by atoms with van der Waals surface area (Å²) in [5.41, 5.74) is 1.45. The number of amides is 2. The zero-order chi connectivity index (χ0) is 29.2. The molecule has 2 amide bonds. The second kappa shape index (κ2) is 13.6. The van der Waals surface area contributed by atoms with Gasteiger partial charge in [0.2, 0.25) is 0 Å². The summed E-state index contributed by atoms with van der Waals surface area (Å²) >= 11 is 0. The van der Waals surface area contributed by atoms with Crippen molar-refractivity contribution in [1.29, 1.82) is 0 Å². The number of carbonyl (C=O) groups excluding carboxylic acids is 4. The van der Waals surface area contributed by atoms with E-state index in [4.69, 9.17) is 23.8 Å². The highest BCUT2D eigenvalue weighted by Crippen LogP contribution is 2.41. The highest BCUT2D eigenvalue weighted by atomic mass is 16.7. The van der Waals surface area contributed by atoms with Crippen molar-refractivity contribution < 1.29 is 43.0 Å². The first-order valence-corrected chi connectivity index (χ1v) is 13.1. The minimum Gasteiger partial charge on any atom is -0.497 e. The molecule has 3 aromatic rings. The molecule has 0 unspecified atom stereocenters. The molecule has 0 N–H and O–H groups in total. The molecule has 1 aliphatic rings. The van der Waals surface area contributed by atoms with Gasteiger partial charge in [0.1, 0.15) is 23.7 Å². The summed E-state index contributed by atoms with van der Waals surface area (Å²) < 4.78 is 22.6. The molecule has 4 rings (SSSR count). The quantitative estimate of drug-likeness (QED) is 0.132. The Bertz CT molecular complexity index is 1290. The Kier molecular flexibility index (Phi) is 9.70. The van der Waals surface area contributed by atoms with Gasteiger partial charge >= 0.3 is 11.9 Å². The van der Waals surface area contributed by atoms with Crippen LogP contribution in [0.2, 0.25) is 0 Å². The highest BCUT2D eigenvalue weighted by Gasteiger charge is 2.38. The molecule has 0 saturated carbocycles. The van der Waals surface area contributed by atoms with E-state index in [0.717, 1.165) is 16.7 Å². The zero-order valence-electron chi connectivity index (χ0n) is 22.9. The lowest BCUT2D eigenvalue weighted by molar-refractivity contribution is -0.197. The average Bonchev–Trinajstić information content (AvgIpc) is 3.33. The Hall–Kier alpha value is -4.70. The van der Waals surface area contributed by atoms with E-state index in [2.05, 4.69) is 0 Å². The van der Waals surface area contributed by atoms with E-state index in [1.807, 2.05) is 78.9 Å². The third-order valence-corrected chi connectivity index (χ3v) is 6.57. The van der Waals surface area contributed by atoms with Gasteiger partial charge in [-0.25, -0.2) is 4.79 Å². The Labute approximate surface area is 237 Å². The molecule has 1 saturated heterocycles. The Morgan fingerprint density at radius 2 is 1.17 bits per heavy atom. The first-order valence-electron chi connectivity index (χ1n) is 13.1. The minimum atomic E-state index is -1.06. The van der Waals surface area contributed by atoms with Gasteiger partial charge < -0.3 is 23.8 Å². The van der Waals surface area contributed by atoms with Crippen LogP contribution in [0.5, 0.6) is 11.5 Å². The van der Waals surface area contributed by atoms with E-state index in [9.17, 15) is 19.2 Å². The number of rotatable bonds is 13. The molecule has 0 radical (unpaired) electrons. The van der Waals surface area contributed by atoms with Crippen molar-refractivity contribution in [2.24, 2.45) is 0 Å². The lowest BCUT2D eigenvalue weighted by atomic mass is 9.80. The largest absolute Gasteiger partial charge is 0.497 e. The third-order valence-electron chi connectivity index (χ3n) is 6.57. The fourth-order valence-electron chi connectivity index (χ4n) is 4.51. The average molecular weight is 562 g/mol. The van der Waals surface area contributed by atoms with E-state index in [-0.39, 0.29) is 38.9 Å².